The molecule has 1 fully saturated rings. The molecule has 4 rings (SSSR count). The third kappa shape index (κ3) is 2.83. The molecule has 0 amide bonds. The number of hydrogen-bond donors (Lipinski definition) is 2. The SMILES string of the molecule is c1ccc(CNC2=Nc3ccccc3NC23CCCCC3)cc1. The van der Waals surface area contributed by atoms with Gasteiger partial charge in [0.25, 0.3) is 0 Å². The zero-order valence-corrected chi connectivity index (χ0v) is 13.4. The van der Waals surface area contributed by atoms with Crippen molar-refractivity contribution in [1.29, 1.82) is 0 Å². The number of hydrogen-bond acceptors (Lipinski definition) is 3. The molecule has 1 spiro atoms. The van der Waals surface area contributed by atoms with E-state index < -0.39 is 0 Å². The summed E-state index contributed by atoms with van der Waals surface area (Å²) in [5.74, 6) is 1.11. The number of para-hydroxylation sites is 2. The largest absolute Gasteiger partial charge is 0.371 e. The Kier molecular flexibility index (Phi) is 3.78. The van der Waals surface area contributed by atoms with E-state index in [-0.39, 0.29) is 5.54 Å². The summed E-state index contributed by atoms with van der Waals surface area (Å²) in [6, 6.07) is 18.9. The van der Waals surface area contributed by atoms with Crippen LogP contribution in [0.25, 0.3) is 0 Å². The van der Waals surface area contributed by atoms with Crippen LogP contribution >= 0.6 is 0 Å². The van der Waals surface area contributed by atoms with E-state index in [9.17, 15) is 0 Å². The molecule has 1 saturated carbocycles. The summed E-state index contributed by atoms with van der Waals surface area (Å²) in [7, 11) is 0. The van der Waals surface area contributed by atoms with Crippen LogP contribution in [0.15, 0.2) is 59.6 Å². The van der Waals surface area contributed by atoms with Crippen LogP contribution in [-0.2, 0) is 6.54 Å². The second-order valence-corrected chi connectivity index (χ2v) is 6.58. The number of benzene rings is 2. The van der Waals surface area contributed by atoms with Gasteiger partial charge in [-0.15, -0.1) is 0 Å². The lowest BCUT2D eigenvalue weighted by Crippen LogP contribution is -2.54. The van der Waals surface area contributed by atoms with Crippen LogP contribution in [0, 0.1) is 0 Å². The van der Waals surface area contributed by atoms with E-state index in [2.05, 4.69) is 65.2 Å². The molecule has 3 heteroatoms. The molecule has 0 saturated heterocycles. The van der Waals surface area contributed by atoms with E-state index in [0.29, 0.717) is 0 Å². The Labute approximate surface area is 137 Å². The molecule has 2 aliphatic rings. The van der Waals surface area contributed by atoms with E-state index >= 15 is 0 Å². The van der Waals surface area contributed by atoms with Crippen LogP contribution in [0.5, 0.6) is 0 Å². The summed E-state index contributed by atoms with van der Waals surface area (Å²) in [6.07, 6.45) is 6.17. The molecule has 2 N–H and O–H groups in total. The molecule has 0 bridgehead atoms. The fraction of sp³-hybridized carbons (Fsp3) is 0.350. The van der Waals surface area contributed by atoms with Crippen molar-refractivity contribution in [1.82, 2.24) is 5.32 Å². The van der Waals surface area contributed by atoms with E-state index in [4.69, 9.17) is 4.99 Å². The predicted molar refractivity (Wildman–Crippen MR) is 96.3 cm³/mol. The second-order valence-electron chi connectivity index (χ2n) is 6.58. The van der Waals surface area contributed by atoms with Gasteiger partial charge in [0.05, 0.1) is 16.9 Å². The Balaban J connectivity index is 1.63. The Hall–Kier alpha value is -2.29. The molecule has 23 heavy (non-hydrogen) atoms. The summed E-state index contributed by atoms with van der Waals surface area (Å²) in [5, 5.41) is 7.43. The van der Waals surface area contributed by atoms with E-state index in [1.165, 1.54) is 30.5 Å². The molecule has 2 aromatic rings. The quantitative estimate of drug-likeness (QED) is 0.848. The summed E-state index contributed by atoms with van der Waals surface area (Å²) in [4.78, 5) is 4.98. The van der Waals surface area contributed by atoms with Gasteiger partial charge in [0.2, 0.25) is 0 Å². The van der Waals surface area contributed by atoms with Crippen molar-refractivity contribution >= 4 is 17.2 Å². The summed E-state index contributed by atoms with van der Waals surface area (Å²) in [6.45, 7) is 0.825. The van der Waals surface area contributed by atoms with Gasteiger partial charge in [0, 0.05) is 6.54 Å². The molecule has 1 heterocycles. The van der Waals surface area contributed by atoms with Gasteiger partial charge in [-0.05, 0) is 30.5 Å². The van der Waals surface area contributed by atoms with Gasteiger partial charge in [-0.2, -0.15) is 0 Å². The van der Waals surface area contributed by atoms with Crippen LogP contribution in [-0.4, -0.2) is 11.4 Å². The van der Waals surface area contributed by atoms with Crippen molar-refractivity contribution < 1.29 is 0 Å². The zero-order chi connectivity index (χ0) is 15.5. The Bertz CT molecular complexity index is 700. The highest BCUT2D eigenvalue weighted by Gasteiger charge is 2.40. The maximum atomic E-state index is 4.98. The highest BCUT2D eigenvalue weighted by atomic mass is 15.2. The fourth-order valence-corrected chi connectivity index (χ4v) is 3.73. The Morgan fingerprint density at radius 3 is 2.48 bits per heavy atom. The monoisotopic (exact) mass is 305 g/mol. The Morgan fingerprint density at radius 1 is 0.913 bits per heavy atom. The van der Waals surface area contributed by atoms with Gasteiger partial charge >= 0.3 is 0 Å². The van der Waals surface area contributed by atoms with Crippen molar-refractivity contribution in [3.63, 3.8) is 0 Å². The van der Waals surface area contributed by atoms with Gasteiger partial charge in [0.1, 0.15) is 5.84 Å². The standard InChI is InChI=1S/C20H23N3/c1-3-9-16(10-4-1)15-21-19-20(13-7-2-8-14-20)23-18-12-6-5-11-17(18)22-19/h1,3-6,9-12,23H,2,7-8,13-15H2,(H,21,22). The van der Waals surface area contributed by atoms with Gasteiger partial charge in [0.15, 0.2) is 0 Å². The maximum Gasteiger partial charge on any atom is 0.128 e. The van der Waals surface area contributed by atoms with Crippen LogP contribution < -0.4 is 10.6 Å². The number of nitrogens with one attached hydrogen (secondary N) is 2. The number of fused-ring (bicyclic) bond motifs is 1. The molecule has 0 unspecified atom stereocenters. The van der Waals surface area contributed by atoms with Gasteiger partial charge in [-0.25, -0.2) is 4.99 Å². The molecule has 118 valence electrons. The average molecular weight is 305 g/mol. The normalized spacial score (nSPS) is 18.7. The number of nitrogens with zero attached hydrogens (tertiary/aromatic N) is 1. The molecule has 1 aliphatic carbocycles. The van der Waals surface area contributed by atoms with Crippen molar-refractivity contribution in [2.75, 3.05) is 5.32 Å². The molecular weight excluding hydrogens is 282 g/mol. The first-order valence-corrected chi connectivity index (χ1v) is 8.60. The van der Waals surface area contributed by atoms with Crippen LogP contribution in [0.3, 0.4) is 0 Å². The lowest BCUT2D eigenvalue weighted by atomic mass is 9.79. The maximum absolute atomic E-state index is 4.98. The molecule has 0 radical (unpaired) electrons. The molecular formula is C20H23N3. The third-order valence-electron chi connectivity index (χ3n) is 4.97. The molecule has 1 aliphatic heterocycles. The van der Waals surface area contributed by atoms with E-state index in [1.807, 2.05) is 0 Å². The number of anilines is 1. The lowest BCUT2D eigenvalue weighted by molar-refractivity contribution is 0.396. The summed E-state index contributed by atoms with van der Waals surface area (Å²) >= 11 is 0. The highest BCUT2D eigenvalue weighted by Crippen LogP contribution is 2.40. The number of aliphatic imine (C=N–C) groups is 1. The summed E-state index contributed by atoms with van der Waals surface area (Å²) < 4.78 is 0. The first-order valence-electron chi connectivity index (χ1n) is 8.60. The fourth-order valence-electron chi connectivity index (χ4n) is 3.73. The first kappa shape index (κ1) is 14.3. The number of amidine groups is 1. The first-order chi connectivity index (χ1) is 11.4. The molecule has 0 aromatic heterocycles. The van der Waals surface area contributed by atoms with Crippen LogP contribution in [0.2, 0.25) is 0 Å². The van der Waals surface area contributed by atoms with Gasteiger partial charge in [-0.1, -0.05) is 61.7 Å². The minimum absolute atomic E-state index is 0.0125. The second kappa shape index (κ2) is 6.07. The molecule has 2 aromatic carbocycles. The minimum Gasteiger partial charge on any atom is -0.371 e. The Morgan fingerprint density at radius 2 is 1.65 bits per heavy atom. The van der Waals surface area contributed by atoms with Crippen molar-refractivity contribution in [2.24, 2.45) is 4.99 Å². The topological polar surface area (TPSA) is 36.4 Å². The zero-order valence-electron chi connectivity index (χ0n) is 13.4. The summed E-state index contributed by atoms with van der Waals surface area (Å²) in [5.41, 5.74) is 3.49. The van der Waals surface area contributed by atoms with E-state index in [1.54, 1.807) is 0 Å². The predicted octanol–water partition coefficient (Wildman–Crippen LogP) is 4.63. The van der Waals surface area contributed by atoms with Crippen molar-refractivity contribution in [3.05, 3.63) is 60.2 Å². The smallest absolute Gasteiger partial charge is 0.128 e. The van der Waals surface area contributed by atoms with Crippen LogP contribution in [0.1, 0.15) is 37.7 Å². The van der Waals surface area contributed by atoms with Gasteiger partial charge < -0.3 is 10.6 Å². The van der Waals surface area contributed by atoms with Crippen LogP contribution in [0.4, 0.5) is 11.4 Å². The average Bonchev–Trinajstić information content (AvgIpc) is 2.61. The third-order valence-corrected chi connectivity index (χ3v) is 4.97. The molecule has 3 nitrogen and oxygen atoms in total. The molecule has 0 atom stereocenters. The van der Waals surface area contributed by atoms with Crippen molar-refractivity contribution in [3.8, 4) is 0 Å². The highest BCUT2D eigenvalue weighted by molar-refractivity contribution is 6.00. The minimum atomic E-state index is -0.0125. The van der Waals surface area contributed by atoms with Gasteiger partial charge in [-0.3, -0.25) is 0 Å². The number of rotatable bonds is 2. The van der Waals surface area contributed by atoms with Crippen molar-refractivity contribution in [2.45, 2.75) is 44.2 Å². The lowest BCUT2D eigenvalue weighted by Gasteiger charge is -2.42. The van der Waals surface area contributed by atoms with E-state index in [0.717, 1.165) is 30.9 Å².